The number of ether oxygens (including phenoxy) is 1. The maximum Gasteiger partial charge on any atom is 0.408 e. The van der Waals surface area contributed by atoms with Gasteiger partial charge in [0.15, 0.2) is 0 Å². The van der Waals surface area contributed by atoms with Crippen molar-refractivity contribution in [3.8, 4) is 0 Å². The number of hydrogen-bond acceptors (Lipinski definition) is 7. The minimum Gasteiger partial charge on any atom is -0.444 e. The van der Waals surface area contributed by atoms with Gasteiger partial charge < -0.3 is 14.5 Å². The summed E-state index contributed by atoms with van der Waals surface area (Å²) in [6.45, 7) is 11.0. The molecule has 1 aromatic carbocycles. The molecule has 0 fully saturated rings. The van der Waals surface area contributed by atoms with Crippen LogP contribution in [0.25, 0.3) is 0 Å². The maximum absolute atomic E-state index is 12.7. The summed E-state index contributed by atoms with van der Waals surface area (Å²) in [7, 11) is -3.81. The lowest BCUT2D eigenvalue weighted by Crippen LogP contribution is -2.37. The van der Waals surface area contributed by atoms with Crippen LogP contribution in [0, 0.1) is 12.8 Å². The van der Waals surface area contributed by atoms with Gasteiger partial charge >= 0.3 is 11.3 Å². The minimum atomic E-state index is -3.81. The zero-order chi connectivity index (χ0) is 21.8. The van der Waals surface area contributed by atoms with Crippen molar-refractivity contribution in [3.63, 3.8) is 0 Å². The van der Waals surface area contributed by atoms with Crippen molar-refractivity contribution in [3.05, 3.63) is 41.3 Å². The minimum absolute atomic E-state index is 0.0349. The zero-order valence-electron chi connectivity index (χ0n) is 17.7. The van der Waals surface area contributed by atoms with Crippen molar-refractivity contribution in [2.75, 3.05) is 0 Å². The van der Waals surface area contributed by atoms with Gasteiger partial charge in [-0.05, 0) is 39.2 Å². The quantitative estimate of drug-likeness (QED) is 0.717. The molecule has 1 heterocycles. The summed E-state index contributed by atoms with van der Waals surface area (Å²) in [4.78, 5) is 12.2. The van der Waals surface area contributed by atoms with E-state index in [-0.39, 0.29) is 17.6 Å². The van der Waals surface area contributed by atoms with Crippen molar-refractivity contribution < 1.29 is 22.4 Å². The van der Waals surface area contributed by atoms with Crippen LogP contribution in [0.2, 0.25) is 0 Å². The Morgan fingerprint density at radius 2 is 1.83 bits per heavy atom. The van der Waals surface area contributed by atoms with Crippen LogP contribution in [0.3, 0.4) is 0 Å². The number of nitrogens with one attached hydrogen (secondary N) is 1. The van der Waals surface area contributed by atoms with Gasteiger partial charge in [0, 0.05) is 0 Å². The standard InChI is InChI=1S/C20H29N3O5S/c1-7-14(3)16(21-18(24)28-20(4,5)6)17-22-23-19(27-17)29(25,26)12-15-10-8-13(2)9-11-15/h8-11,14,16H,7,12H2,1-6H3,(H,21,24). The topological polar surface area (TPSA) is 111 Å². The number of rotatable bonds is 7. The molecule has 0 saturated heterocycles. The number of aryl methyl sites for hydroxylation is 1. The Kier molecular flexibility index (Phi) is 7.05. The van der Waals surface area contributed by atoms with Crippen LogP contribution in [-0.4, -0.2) is 30.3 Å². The first kappa shape index (κ1) is 22.9. The fourth-order valence-corrected chi connectivity index (χ4v) is 3.69. The Morgan fingerprint density at radius 1 is 1.21 bits per heavy atom. The average Bonchev–Trinajstić information content (AvgIpc) is 3.10. The molecular formula is C20H29N3O5S. The number of aromatic nitrogens is 2. The molecule has 0 bridgehead atoms. The lowest BCUT2D eigenvalue weighted by Gasteiger charge is -2.24. The van der Waals surface area contributed by atoms with Crippen LogP contribution in [0.5, 0.6) is 0 Å². The molecular weight excluding hydrogens is 394 g/mol. The van der Waals surface area contributed by atoms with E-state index >= 15 is 0 Å². The lowest BCUT2D eigenvalue weighted by atomic mass is 9.99. The third kappa shape index (κ3) is 6.56. The van der Waals surface area contributed by atoms with E-state index in [4.69, 9.17) is 9.15 Å². The number of carbonyl (C=O) groups excluding carboxylic acids is 1. The highest BCUT2D eigenvalue weighted by Gasteiger charge is 2.31. The summed E-state index contributed by atoms with van der Waals surface area (Å²) in [6.07, 6.45) is 0.0685. The fraction of sp³-hybridized carbons (Fsp3) is 0.550. The predicted octanol–water partition coefficient (Wildman–Crippen LogP) is 3.96. The molecule has 2 unspecified atom stereocenters. The normalized spacial score (nSPS) is 14.3. The van der Waals surface area contributed by atoms with E-state index in [0.29, 0.717) is 12.0 Å². The maximum atomic E-state index is 12.7. The first-order chi connectivity index (χ1) is 13.4. The Hall–Kier alpha value is -2.42. The number of benzene rings is 1. The number of amides is 1. The first-order valence-electron chi connectivity index (χ1n) is 9.52. The summed E-state index contributed by atoms with van der Waals surface area (Å²) in [6, 6.07) is 6.51. The number of carbonyl (C=O) groups is 1. The van der Waals surface area contributed by atoms with Crippen LogP contribution in [0.15, 0.2) is 33.9 Å². The third-order valence-corrected chi connectivity index (χ3v) is 5.73. The molecule has 0 aliphatic rings. The highest BCUT2D eigenvalue weighted by atomic mass is 32.2. The monoisotopic (exact) mass is 423 g/mol. The van der Waals surface area contributed by atoms with Crippen LogP contribution in [0.4, 0.5) is 4.79 Å². The van der Waals surface area contributed by atoms with Gasteiger partial charge in [0.2, 0.25) is 15.7 Å². The highest BCUT2D eigenvalue weighted by Crippen LogP contribution is 2.26. The Labute approximate surface area is 172 Å². The molecule has 2 aromatic rings. The van der Waals surface area contributed by atoms with Gasteiger partial charge in [-0.2, -0.15) is 0 Å². The fourth-order valence-electron chi connectivity index (χ4n) is 2.55. The summed E-state index contributed by atoms with van der Waals surface area (Å²) < 4.78 is 36.1. The Bertz CT molecular complexity index is 930. The second-order valence-electron chi connectivity index (χ2n) is 8.16. The third-order valence-electron chi connectivity index (χ3n) is 4.32. The molecule has 0 aliphatic carbocycles. The molecule has 160 valence electrons. The number of alkyl carbamates (subject to hydrolysis) is 1. The molecule has 0 saturated carbocycles. The van der Waals surface area contributed by atoms with Gasteiger partial charge in [-0.1, -0.05) is 55.2 Å². The summed E-state index contributed by atoms with van der Waals surface area (Å²) in [5, 5.41) is 9.86. The second kappa shape index (κ2) is 8.94. The molecule has 1 amide bonds. The lowest BCUT2D eigenvalue weighted by molar-refractivity contribution is 0.0473. The van der Waals surface area contributed by atoms with E-state index < -0.39 is 32.8 Å². The number of hydrogen-bond donors (Lipinski definition) is 1. The summed E-state index contributed by atoms with van der Waals surface area (Å²) in [5.74, 6) is -0.286. The molecule has 8 nitrogen and oxygen atoms in total. The van der Waals surface area contributed by atoms with Gasteiger partial charge in [-0.3, -0.25) is 0 Å². The van der Waals surface area contributed by atoms with Crippen LogP contribution in [-0.2, 0) is 20.3 Å². The van der Waals surface area contributed by atoms with Gasteiger partial charge in [0.05, 0.1) is 5.75 Å². The van der Waals surface area contributed by atoms with Crippen molar-refractivity contribution in [1.82, 2.24) is 15.5 Å². The molecule has 1 aromatic heterocycles. The molecule has 29 heavy (non-hydrogen) atoms. The number of sulfone groups is 1. The van der Waals surface area contributed by atoms with E-state index in [1.54, 1.807) is 32.9 Å². The first-order valence-corrected chi connectivity index (χ1v) is 11.2. The number of nitrogens with zero attached hydrogens (tertiary/aromatic N) is 2. The smallest absolute Gasteiger partial charge is 0.408 e. The van der Waals surface area contributed by atoms with E-state index in [2.05, 4.69) is 15.5 Å². The molecule has 9 heteroatoms. The van der Waals surface area contributed by atoms with Gasteiger partial charge in [-0.25, -0.2) is 13.2 Å². The largest absolute Gasteiger partial charge is 0.444 e. The Morgan fingerprint density at radius 3 is 2.38 bits per heavy atom. The molecule has 2 rings (SSSR count). The van der Waals surface area contributed by atoms with Gasteiger partial charge in [-0.15, -0.1) is 5.10 Å². The average molecular weight is 424 g/mol. The van der Waals surface area contributed by atoms with Crippen molar-refractivity contribution in [2.24, 2.45) is 5.92 Å². The molecule has 0 aliphatic heterocycles. The van der Waals surface area contributed by atoms with Crippen LogP contribution in [0.1, 0.15) is 64.1 Å². The van der Waals surface area contributed by atoms with Crippen molar-refractivity contribution in [1.29, 1.82) is 0 Å². The highest BCUT2D eigenvalue weighted by molar-refractivity contribution is 7.90. The van der Waals surface area contributed by atoms with Crippen LogP contribution < -0.4 is 5.32 Å². The van der Waals surface area contributed by atoms with E-state index in [0.717, 1.165) is 5.56 Å². The van der Waals surface area contributed by atoms with Gasteiger partial charge in [0.25, 0.3) is 0 Å². The summed E-state index contributed by atoms with van der Waals surface area (Å²) in [5.41, 5.74) is 0.998. The van der Waals surface area contributed by atoms with Crippen molar-refractivity contribution >= 4 is 15.9 Å². The SMILES string of the molecule is CCC(C)C(NC(=O)OC(C)(C)C)c1nnc(S(=O)(=O)Cc2ccc(C)cc2)o1. The van der Waals surface area contributed by atoms with Crippen LogP contribution >= 0.6 is 0 Å². The Balaban J connectivity index is 2.22. The zero-order valence-corrected chi connectivity index (χ0v) is 18.5. The summed E-state index contributed by atoms with van der Waals surface area (Å²) >= 11 is 0. The molecule has 0 radical (unpaired) electrons. The second-order valence-corrected chi connectivity index (χ2v) is 10.0. The van der Waals surface area contributed by atoms with E-state index in [1.807, 2.05) is 32.9 Å². The van der Waals surface area contributed by atoms with E-state index in [1.165, 1.54) is 0 Å². The predicted molar refractivity (Wildman–Crippen MR) is 108 cm³/mol. The van der Waals surface area contributed by atoms with Crippen molar-refractivity contribution in [2.45, 2.75) is 70.6 Å². The molecule has 2 atom stereocenters. The molecule has 0 spiro atoms. The van der Waals surface area contributed by atoms with E-state index in [9.17, 15) is 13.2 Å². The van der Waals surface area contributed by atoms with Gasteiger partial charge in [0.1, 0.15) is 11.6 Å². The molecule has 1 N–H and O–H groups in total.